The van der Waals surface area contributed by atoms with Gasteiger partial charge in [0.1, 0.15) is 5.75 Å². The van der Waals surface area contributed by atoms with Gasteiger partial charge in [0.2, 0.25) is 0 Å². The molecule has 0 aliphatic heterocycles. The minimum Gasteiger partial charge on any atom is -0.422 e. The van der Waals surface area contributed by atoms with Gasteiger partial charge in [-0.1, -0.05) is 48.5 Å². The first-order chi connectivity index (χ1) is 12.2. The number of benzene rings is 2. The zero-order valence-electron chi connectivity index (χ0n) is 13.3. The molecule has 0 saturated carbocycles. The van der Waals surface area contributed by atoms with Crippen molar-refractivity contribution in [2.45, 2.75) is 0 Å². The molecular weight excluding hydrogens is 314 g/mol. The molecule has 0 atom stereocenters. The summed E-state index contributed by atoms with van der Waals surface area (Å²) >= 11 is 0. The van der Waals surface area contributed by atoms with E-state index >= 15 is 0 Å². The monoisotopic (exact) mass is 329 g/mol. The molecule has 0 radical (unpaired) electrons. The lowest BCUT2D eigenvalue weighted by Gasteiger charge is -2.08. The Morgan fingerprint density at radius 1 is 0.840 bits per heavy atom. The second kappa shape index (κ2) is 7.84. The molecule has 1 aromatic heterocycles. The van der Waals surface area contributed by atoms with Gasteiger partial charge in [-0.05, 0) is 35.9 Å². The zero-order chi connectivity index (χ0) is 17.5. The van der Waals surface area contributed by atoms with Gasteiger partial charge >= 0.3 is 5.97 Å². The first-order valence-electron chi connectivity index (χ1n) is 7.73. The van der Waals surface area contributed by atoms with E-state index < -0.39 is 5.97 Å². The first-order valence-corrected chi connectivity index (χ1v) is 7.73. The molecule has 3 rings (SSSR count). The van der Waals surface area contributed by atoms with E-state index in [1.807, 2.05) is 30.3 Å². The second-order valence-electron chi connectivity index (χ2n) is 5.23. The number of rotatable bonds is 5. The number of ether oxygens (including phenoxy) is 1. The molecule has 0 aliphatic carbocycles. The molecule has 4 heteroatoms. The average molecular weight is 329 g/mol. The van der Waals surface area contributed by atoms with Gasteiger partial charge in [0, 0.05) is 12.4 Å². The molecular formula is C21H15NO3. The van der Waals surface area contributed by atoms with Crippen LogP contribution in [0.2, 0.25) is 0 Å². The topological polar surface area (TPSA) is 56.3 Å². The number of hydrogen-bond donors (Lipinski definition) is 0. The summed E-state index contributed by atoms with van der Waals surface area (Å²) in [5.74, 6) is -0.538. The van der Waals surface area contributed by atoms with Crippen LogP contribution < -0.4 is 4.74 Å². The van der Waals surface area contributed by atoms with Crippen molar-refractivity contribution in [3.8, 4) is 5.75 Å². The van der Waals surface area contributed by atoms with Crippen molar-refractivity contribution in [1.82, 2.24) is 4.98 Å². The van der Waals surface area contributed by atoms with Gasteiger partial charge in [-0.15, -0.1) is 0 Å². The fraction of sp³-hybridized carbons (Fsp3) is 0. The van der Waals surface area contributed by atoms with Crippen LogP contribution in [0.25, 0.3) is 6.08 Å². The van der Waals surface area contributed by atoms with E-state index in [2.05, 4.69) is 4.98 Å². The molecule has 3 aromatic rings. The maximum absolute atomic E-state index is 12.5. The summed E-state index contributed by atoms with van der Waals surface area (Å²) < 4.78 is 5.38. The van der Waals surface area contributed by atoms with Gasteiger partial charge in [-0.25, -0.2) is 4.79 Å². The van der Waals surface area contributed by atoms with Crippen LogP contribution >= 0.6 is 0 Å². The van der Waals surface area contributed by atoms with Crippen LogP contribution in [-0.2, 0) is 0 Å². The summed E-state index contributed by atoms with van der Waals surface area (Å²) in [6.07, 6.45) is 6.21. The highest BCUT2D eigenvalue weighted by Gasteiger charge is 2.14. The Labute approximate surface area is 145 Å². The van der Waals surface area contributed by atoms with Gasteiger partial charge in [0.15, 0.2) is 5.78 Å². The van der Waals surface area contributed by atoms with Crippen LogP contribution in [0.1, 0.15) is 26.3 Å². The largest absolute Gasteiger partial charge is 0.422 e. The smallest absolute Gasteiger partial charge is 0.343 e. The van der Waals surface area contributed by atoms with E-state index in [0.29, 0.717) is 11.1 Å². The predicted octanol–water partition coefficient (Wildman–Crippen LogP) is 4.20. The quantitative estimate of drug-likeness (QED) is 0.305. The first kappa shape index (κ1) is 16.3. The third-order valence-corrected chi connectivity index (χ3v) is 3.50. The Kier molecular flexibility index (Phi) is 5.12. The molecule has 0 bridgehead atoms. The lowest BCUT2D eigenvalue weighted by atomic mass is 10.1. The number of carbonyl (C=O) groups is 2. The molecule has 4 nitrogen and oxygen atoms in total. The maximum Gasteiger partial charge on any atom is 0.343 e. The average Bonchev–Trinajstić information content (AvgIpc) is 2.68. The predicted molar refractivity (Wildman–Crippen MR) is 95.4 cm³/mol. The van der Waals surface area contributed by atoms with Crippen molar-refractivity contribution in [2.75, 3.05) is 0 Å². The zero-order valence-corrected chi connectivity index (χ0v) is 13.3. The highest BCUT2D eigenvalue weighted by molar-refractivity contribution is 6.09. The van der Waals surface area contributed by atoms with Crippen LogP contribution in [0.3, 0.4) is 0 Å². The van der Waals surface area contributed by atoms with Crippen molar-refractivity contribution >= 4 is 17.8 Å². The Balaban J connectivity index is 1.80. The Hall–Kier alpha value is -3.53. The number of aromatic nitrogens is 1. The molecule has 0 unspecified atom stereocenters. The molecule has 0 spiro atoms. The standard InChI is InChI=1S/C21H15NO3/c23-19(11-10-16-6-2-1-3-7-16)18-8-4-5-9-20(18)25-21(24)17-12-14-22-15-13-17/h1-15H/b11-10+. The van der Waals surface area contributed by atoms with Gasteiger partial charge < -0.3 is 4.74 Å². The highest BCUT2D eigenvalue weighted by atomic mass is 16.5. The van der Waals surface area contributed by atoms with E-state index in [0.717, 1.165) is 5.56 Å². The lowest BCUT2D eigenvalue weighted by Crippen LogP contribution is -2.11. The normalized spacial score (nSPS) is 10.6. The highest BCUT2D eigenvalue weighted by Crippen LogP contribution is 2.20. The second-order valence-corrected chi connectivity index (χ2v) is 5.23. The Bertz CT molecular complexity index is 903. The third kappa shape index (κ3) is 4.26. The molecule has 0 aliphatic rings. The SMILES string of the molecule is O=C(Oc1ccccc1C(=O)/C=C/c1ccccc1)c1ccncc1. The van der Waals surface area contributed by atoms with Crippen molar-refractivity contribution < 1.29 is 14.3 Å². The van der Waals surface area contributed by atoms with E-state index in [9.17, 15) is 9.59 Å². The number of para-hydroxylation sites is 1. The van der Waals surface area contributed by atoms with Crippen LogP contribution in [0.5, 0.6) is 5.75 Å². The molecule has 0 amide bonds. The number of ketones is 1. The molecule has 1 heterocycles. The minimum absolute atomic E-state index is 0.229. The van der Waals surface area contributed by atoms with Crippen LogP contribution in [0, 0.1) is 0 Å². The van der Waals surface area contributed by atoms with Crippen LogP contribution in [-0.4, -0.2) is 16.7 Å². The van der Waals surface area contributed by atoms with Gasteiger partial charge in [0.05, 0.1) is 11.1 Å². The number of nitrogens with zero attached hydrogens (tertiary/aromatic N) is 1. The molecule has 0 N–H and O–H groups in total. The van der Waals surface area contributed by atoms with Gasteiger partial charge in [-0.2, -0.15) is 0 Å². The summed E-state index contributed by atoms with van der Waals surface area (Å²) in [6.45, 7) is 0. The minimum atomic E-state index is -0.533. The summed E-state index contributed by atoms with van der Waals surface area (Å²) in [5, 5.41) is 0. The van der Waals surface area contributed by atoms with E-state index in [4.69, 9.17) is 4.74 Å². The maximum atomic E-state index is 12.5. The number of allylic oxidation sites excluding steroid dienone is 1. The number of carbonyl (C=O) groups excluding carboxylic acids is 2. The van der Waals surface area contributed by atoms with E-state index in [1.165, 1.54) is 18.5 Å². The fourth-order valence-corrected chi connectivity index (χ4v) is 2.23. The number of hydrogen-bond acceptors (Lipinski definition) is 4. The van der Waals surface area contributed by atoms with Crippen LogP contribution in [0.4, 0.5) is 0 Å². The summed E-state index contributed by atoms with van der Waals surface area (Å²) in [5.41, 5.74) is 1.62. The summed E-state index contributed by atoms with van der Waals surface area (Å²) in [7, 11) is 0. The van der Waals surface area contributed by atoms with Gasteiger partial charge in [-0.3, -0.25) is 9.78 Å². The summed E-state index contributed by atoms with van der Waals surface area (Å²) in [6, 6.07) is 19.3. The molecule has 122 valence electrons. The van der Waals surface area contributed by atoms with E-state index in [1.54, 1.807) is 42.5 Å². The molecule has 0 saturated heterocycles. The third-order valence-electron chi connectivity index (χ3n) is 3.50. The van der Waals surface area contributed by atoms with Crippen LogP contribution in [0.15, 0.2) is 85.2 Å². The van der Waals surface area contributed by atoms with Crippen molar-refractivity contribution in [3.05, 3.63) is 102 Å². The lowest BCUT2D eigenvalue weighted by molar-refractivity contribution is 0.0733. The van der Waals surface area contributed by atoms with Crippen molar-refractivity contribution in [3.63, 3.8) is 0 Å². The van der Waals surface area contributed by atoms with E-state index in [-0.39, 0.29) is 11.5 Å². The molecule has 25 heavy (non-hydrogen) atoms. The van der Waals surface area contributed by atoms with Crippen molar-refractivity contribution in [1.29, 1.82) is 0 Å². The number of esters is 1. The molecule has 0 fully saturated rings. The Morgan fingerprint density at radius 3 is 2.28 bits per heavy atom. The van der Waals surface area contributed by atoms with Crippen molar-refractivity contribution in [2.24, 2.45) is 0 Å². The fourth-order valence-electron chi connectivity index (χ4n) is 2.23. The Morgan fingerprint density at radius 2 is 1.52 bits per heavy atom. The summed E-state index contributed by atoms with van der Waals surface area (Å²) in [4.78, 5) is 28.5. The van der Waals surface area contributed by atoms with Gasteiger partial charge in [0.25, 0.3) is 0 Å². The number of pyridine rings is 1. The molecule has 2 aromatic carbocycles.